The molecule has 2 saturated heterocycles. The number of amides is 1. The van der Waals surface area contributed by atoms with Gasteiger partial charge in [0.2, 0.25) is 5.91 Å². The molecule has 0 aromatic heterocycles. The van der Waals surface area contributed by atoms with Crippen molar-refractivity contribution < 1.29 is 9.53 Å². The molecular weight excluding hydrogens is 264 g/mol. The maximum absolute atomic E-state index is 12.9. The summed E-state index contributed by atoms with van der Waals surface area (Å²) in [5, 5.41) is 0. The molecule has 2 aliphatic rings. The van der Waals surface area contributed by atoms with Gasteiger partial charge in [0.1, 0.15) is 0 Å². The van der Waals surface area contributed by atoms with Gasteiger partial charge in [0.25, 0.3) is 0 Å². The Kier molecular flexibility index (Phi) is 4.56. The normalized spacial score (nSPS) is 27.6. The van der Waals surface area contributed by atoms with Crippen molar-refractivity contribution in [3.63, 3.8) is 0 Å². The lowest BCUT2D eigenvalue weighted by atomic mass is 9.88. The number of ether oxygens (including phenoxy) is 1. The fraction of sp³-hybridized carbons (Fsp3) is 0.588. The number of hydrogen-bond acceptors (Lipinski definition) is 3. The van der Waals surface area contributed by atoms with Crippen LogP contribution in [0.4, 0.5) is 0 Å². The molecule has 1 amide bonds. The number of piperazine rings is 1. The Morgan fingerprint density at radius 1 is 1.14 bits per heavy atom. The second-order valence-corrected chi connectivity index (χ2v) is 6.08. The van der Waals surface area contributed by atoms with Crippen LogP contribution in [0.1, 0.15) is 24.5 Å². The van der Waals surface area contributed by atoms with E-state index < -0.39 is 0 Å². The molecule has 4 nitrogen and oxygen atoms in total. The molecule has 0 unspecified atom stereocenters. The van der Waals surface area contributed by atoms with E-state index in [1.807, 2.05) is 23.1 Å². The molecule has 0 spiro atoms. The summed E-state index contributed by atoms with van der Waals surface area (Å²) in [5.41, 5.74) is 1.13. The quantitative estimate of drug-likeness (QED) is 0.833. The Morgan fingerprint density at radius 2 is 1.86 bits per heavy atom. The highest BCUT2D eigenvalue weighted by Crippen LogP contribution is 2.34. The molecule has 0 bridgehead atoms. The molecule has 4 heteroatoms. The summed E-state index contributed by atoms with van der Waals surface area (Å²) >= 11 is 0. The summed E-state index contributed by atoms with van der Waals surface area (Å²) in [6.45, 7) is 4.37. The molecule has 0 N–H and O–H groups in total. The summed E-state index contributed by atoms with van der Waals surface area (Å²) in [4.78, 5) is 17.2. The van der Waals surface area contributed by atoms with Crippen LogP contribution in [0.2, 0.25) is 0 Å². The Balaban J connectivity index is 1.73. The van der Waals surface area contributed by atoms with Crippen molar-refractivity contribution in [2.45, 2.75) is 18.9 Å². The van der Waals surface area contributed by atoms with Gasteiger partial charge < -0.3 is 14.5 Å². The average molecular weight is 288 g/mol. The lowest BCUT2D eigenvalue weighted by Crippen LogP contribution is -2.50. The maximum atomic E-state index is 12.9. The second-order valence-electron chi connectivity index (χ2n) is 6.08. The Hall–Kier alpha value is -1.39. The zero-order chi connectivity index (χ0) is 14.7. The molecular formula is C17H24N2O2. The minimum atomic E-state index is -0.0768. The van der Waals surface area contributed by atoms with Crippen LogP contribution in [-0.4, -0.2) is 55.5 Å². The molecule has 2 fully saturated rings. The Morgan fingerprint density at radius 3 is 2.57 bits per heavy atom. The summed E-state index contributed by atoms with van der Waals surface area (Å²) in [5.74, 6) is 0.251. The van der Waals surface area contributed by atoms with Crippen molar-refractivity contribution >= 4 is 5.91 Å². The SMILES string of the molecule is CN1CCN(C(=O)[C@@H]2CCCO[C@@H]2c2ccccc2)CC1. The average Bonchev–Trinajstić information content (AvgIpc) is 2.56. The van der Waals surface area contributed by atoms with E-state index in [0.717, 1.165) is 51.2 Å². The van der Waals surface area contributed by atoms with Crippen molar-refractivity contribution in [2.75, 3.05) is 39.8 Å². The maximum Gasteiger partial charge on any atom is 0.228 e. The number of benzene rings is 1. The predicted octanol–water partition coefficient (Wildman–Crippen LogP) is 1.93. The molecule has 0 saturated carbocycles. The summed E-state index contributed by atoms with van der Waals surface area (Å²) < 4.78 is 5.95. The van der Waals surface area contributed by atoms with E-state index in [2.05, 4.69) is 24.1 Å². The van der Waals surface area contributed by atoms with Gasteiger partial charge >= 0.3 is 0 Å². The first-order chi connectivity index (χ1) is 10.3. The number of nitrogens with zero attached hydrogens (tertiary/aromatic N) is 2. The first kappa shape index (κ1) is 14.5. The second kappa shape index (κ2) is 6.58. The van der Waals surface area contributed by atoms with E-state index in [9.17, 15) is 4.79 Å². The van der Waals surface area contributed by atoms with Gasteiger partial charge in [-0.1, -0.05) is 30.3 Å². The summed E-state index contributed by atoms with van der Waals surface area (Å²) in [7, 11) is 2.11. The summed E-state index contributed by atoms with van der Waals surface area (Å²) in [6.07, 6.45) is 1.84. The van der Waals surface area contributed by atoms with Crippen molar-refractivity contribution in [3.8, 4) is 0 Å². The van der Waals surface area contributed by atoms with Crippen molar-refractivity contribution in [1.29, 1.82) is 0 Å². The number of carbonyl (C=O) groups excluding carboxylic acids is 1. The highest BCUT2D eigenvalue weighted by atomic mass is 16.5. The molecule has 0 radical (unpaired) electrons. The highest BCUT2D eigenvalue weighted by Gasteiger charge is 2.36. The van der Waals surface area contributed by atoms with Crippen LogP contribution >= 0.6 is 0 Å². The van der Waals surface area contributed by atoms with Gasteiger partial charge in [-0.05, 0) is 25.5 Å². The summed E-state index contributed by atoms with van der Waals surface area (Å²) in [6, 6.07) is 10.2. The van der Waals surface area contributed by atoms with Crippen LogP contribution in [0.25, 0.3) is 0 Å². The van der Waals surface area contributed by atoms with Crippen molar-refractivity contribution in [2.24, 2.45) is 5.92 Å². The molecule has 2 aliphatic heterocycles. The Labute approximate surface area is 126 Å². The molecule has 3 rings (SSSR count). The van der Waals surface area contributed by atoms with Gasteiger partial charge in [0, 0.05) is 32.8 Å². The van der Waals surface area contributed by atoms with Crippen LogP contribution in [-0.2, 0) is 9.53 Å². The van der Waals surface area contributed by atoms with Crippen molar-refractivity contribution in [3.05, 3.63) is 35.9 Å². The van der Waals surface area contributed by atoms with E-state index in [0.29, 0.717) is 0 Å². The first-order valence-electron chi connectivity index (χ1n) is 7.89. The molecule has 2 atom stereocenters. The fourth-order valence-electron chi connectivity index (χ4n) is 3.27. The third kappa shape index (κ3) is 3.27. The standard InChI is InChI=1S/C17H24N2O2/c1-18-9-11-19(12-10-18)17(20)15-8-5-13-21-16(15)14-6-3-2-4-7-14/h2-4,6-7,15-16H,5,8-13H2,1H3/t15-,16-/m1/s1. The zero-order valence-electron chi connectivity index (χ0n) is 12.7. The Bertz CT molecular complexity index is 469. The topological polar surface area (TPSA) is 32.8 Å². The fourth-order valence-corrected chi connectivity index (χ4v) is 3.27. The minimum absolute atomic E-state index is 0.0236. The van der Waals surface area contributed by atoms with E-state index in [1.54, 1.807) is 0 Å². The molecule has 1 aromatic rings. The molecule has 114 valence electrons. The molecule has 1 aromatic carbocycles. The van der Waals surface area contributed by atoms with E-state index in [-0.39, 0.29) is 17.9 Å². The third-order valence-electron chi connectivity index (χ3n) is 4.58. The van der Waals surface area contributed by atoms with Crippen LogP contribution in [0.5, 0.6) is 0 Å². The monoisotopic (exact) mass is 288 g/mol. The lowest BCUT2D eigenvalue weighted by Gasteiger charge is -2.38. The predicted molar refractivity (Wildman–Crippen MR) is 81.9 cm³/mol. The van der Waals surface area contributed by atoms with Gasteiger partial charge in [-0.3, -0.25) is 4.79 Å². The van der Waals surface area contributed by atoms with Crippen molar-refractivity contribution in [1.82, 2.24) is 9.80 Å². The van der Waals surface area contributed by atoms with Crippen LogP contribution in [0.15, 0.2) is 30.3 Å². The van der Waals surface area contributed by atoms with E-state index in [1.165, 1.54) is 0 Å². The molecule has 21 heavy (non-hydrogen) atoms. The third-order valence-corrected chi connectivity index (χ3v) is 4.58. The van der Waals surface area contributed by atoms with Crippen LogP contribution in [0.3, 0.4) is 0 Å². The van der Waals surface area contributed by atoms with E-state index in [4.69, 9.17) is 4.74 Å². The van der Waals surface area contributed by atoms with Gasteiger partial charge in [-0.25, -0.2) is 0 Å². The number of likely N-dealkylation sites (N-methyl/N-ethyl adjacent to an activating group) is 1. The van der Waals surface area contributed by atoms with Gasteiger partial charge in [-0.2, -0.15) is 0 Å². The van der Waals surface area contributed by atoms with E-state index >= 15 is 0 Å². The largest absolute Gasteiger partial charge is 0.373 e. The number of rotatable bonds is 2. The minimum Gasteiger partial charge on any atom is -0.373 e. The number of carbonyl (C=O) groups is 1. The van der Waals surface area contributed by atoms with Gasteiger partial charge in [0.15, 0.2) is 0 Å². The lowest BCUT2D eigenvalue weighted by molar-refractivity contribution is -0.147. The van der Waals surface area contributed by atoms with Crippen LogP contribution < -0.4 is 0 Å². The number of hydrogen-bond donors (Lipinski definition) is 0. The zero-order valence-corrected chi connectivity index (χ0v) is 12.7. The van der Waals surface area contributed by atoms with Gasteiger partial charge in [-0.15, -0.1) is 0 Å². The molecule has 2 heterocycles. The molecule has 0 aliphatic carbocycles. The van der Waals surface area contributed by atoms with Crippen LogP contribution in [0, 0.1) is 5.92 Å². The van der Waals surface area contributed by atoms with Gasteiger partial charge in [0.05, 0.1) is 12.0 Å². The highest BCUT2D eigenvalue weighted by molar-refractivity contribution is 5.80. The first-order valence-corrected chi connectivity index (χ1v) is 7.89. The smallest absolute Gasteiger partial charge is 0.228 e.